The quantitative estimate of drug-likeness (QED) is 0.0341. The van der Waals surface area contributed by atoms with Gasteiger partial charge < -0.3 is 44.9 Å². The van der Waals surface area contributed by atoms with Gasteiger partial charge in [0.1, 0.15) is 36.4 Å². The fraction of sp³-hybridized carbons (Fsp3) is 0.381. The predicted octanol–water partition coefficient (Wildman–Crippen LogP) is 8.07. The minimum atomic E-state index is -1.04. The number of amides is 4. The SMILES string of the molecule is Cc1ncsc1-c1ccc(CNC(=O)[C@@H]2C[C@@H](O)CN2C(=O)[C@@H](NC(=O)COCC(=O)NCCCCC#Cc2cccc(Cn3c(-c4ccccc4)c(-c4ccccc4)c4c(=N)n(C5CCC(O)CC5)cnc43)c2)C(C)(C)C)cc1. The topological polar surface area (TPSA) is 217 Å². The zero-order valence-electron chi connectivity index (χ0n) is 45.9. The van der Waals surface area contributed by atoms with Crippen LogP contribution in [0.25, 0.3) is 43.9 Å². The van der Waals surface area contributed by atoms with E-state index in [-0.39, 0.29) is 44.2 Å². The van der Waals surface area contributed by atoms with Crippen molar-refractivity contribution in [2.45, 2.75) is 122 Å². The molecule has 4 amide bonds. The van der Waals surface area contributed by atoms with E-state index < -0.39 is 47.9 Å². The Morgan fingerprint density at radius 1 is 0.812 bits per heavy atom. The van der Waals surface area contributed by atoms with Gasteiger partial charge in [0.05, 0.1) is 45.7 Å². The third-order valence-electron chi connectivity index (χ3n) is 14.9. The van der Waals surface area contributed by atoms with Crippen molar-refractivity contribution in [2.75, 3.05) is 26.3 Å². The van der Waals surface area contributed by atoms with Crippen molar-refractivity contribution in [3.05, 3.63) is 149 Å². The Kier molecular flexibility index (Phi) is 18.5. The van der Waals surface area contributed by atoms with Crippen molar-refractivity contribution in [3.63, 3.8) is 0 Å². The number of aromatic nitrogens is 4. The number of fused-ring (bicyclic) bond motifs is 1. The number of aliphatic hydroxyl groups is 2. The van der Waals surface area contributed by atoms with Gasteiger partial charge in [0.25, 0.3) is 0 Å². The summed E-state index contributed by atoms with van der Waals surface area (Å²) in [6, 6.07) is 34.7. The van der Waals surface area contributed by atoms with Crippen molar-refractivity contribution < 1.29 is 34.1 Å². The van der Waals surface area contributed by atoms with Crippen LogP contribution in [0.4, 0.5) is 0 Å². The highest BCUT2D eigenvalue weighted by molar-refractivity contribution is 7.13. The first kappa shape index (κ1) is 57.0. The number of ether oxygens (including phenoxy) is 1. The number of hydrogen-bond donors (Lipinski definition) is 6. The van der Waals surface area contributed by atoms with E-state index in [9.17, 15) is 34.8 Å². The van der Waals surface area contributed by atoms with Gasteiger partial charge in [-0.3, -0.25) is 24.6 Å². The molecule has 4 heterocycles. The van der Waals surface area contributed by atoms with Crippen LogP contribution in [0.3, 0.4) is 0 Å². The molecule has 0 radical (unpaired) electrons. The summed E-state index contributed by atoms with van der Waals surface area (Å²) in [5.74, 6) is 4.76. The van der Waals surface area contributed by atoms with Crippen molar-refractivity contribution in [1.82, 2.24) is 40.0 Å². The number of unbranched alkanes of at least 4 members (excludes halogenated alkanes) is 2. The van der Waals surface area contributed by atoms with Crippen molar-refractivity contribution in [2.24, 2.45) is 5.41 Å². The van der Waals surface area contributed by atoms with Gasteiger partial charge in [0.15, 0.2) is 0 Å². The van der Waals surface area contributed by atoms with E-state index in [1.54, 1.807) is 37.6 Å². The summed E-state index contributed by atoms with van der Waals surface area (Å²) in [6.07, 6.45) is 5.71. The van der Waals surface area contributed by atoms with Crippen LogP contribution in [0.15, 0.2) is 121 Å². The van der Waals surface area contributed by atoms with E-state index in [0.29, 0.717) is 44.3 Å². The van der Waals surface area contributed by atoms with Crippen LogP contribution in [-0.4, -0.2) is 108 Å². The number of nitrogens with zero attached hydrogens (tertiary/aromatic N) is 5. The maximum Gasteiger partial charge on any atom is 0.246 e. The van der Waals surface area contributed by atoms with Crippen LogP contribution < -0.4 is 21.4 Å². The number of benzene rings is 4. The highest BCUT2D eigenvalue weighted by Crippen LogP contribution is 2.40. The second-order valence-corrected chi connectivity index (χ2v) is 22.8. The number of nitrogens with one attached hydrogen (secondary N) is 4. The average molecular weight is 1100 g/mol. The molecule has 2 aliphatic rings. The Morgan fingerprint density at radius 2 is 1.52 bits per heavy atom. The molecule has 3 aromatic heterocycles. The maximum absolute atomic E-state index is 14.1. The zero-order chi connectivity index (χ0) is 56.3. The molecule has 3 atom stereocenters. The Morgan fingerprint density at radius 3 is 2.23 bits per heavy atom. The molecule has 1 aliphatic heterocycles. The molecule has 7 aromatic rings. The molecule has 1 saturated carbocycles. The van der Waals surface area contributed by atoms with Gasteiger partial charge in [-0.25, -0.2) is 9.97 Å². The molecule has 0 unspecified atom stereocenters. The normalized spacial score (nSPS) is 17.6. The van der Waals surface area contributed by atoms with E-state index in [0.717, 1.165) is 85.5 Å². The van der Waals surface area contributed by atoms with E-state index in [1.165, 1.54) is 4.90 Å². The Labute approximate surface area is 471 Å². The summed E-state index contributed by atoms with van der Waals surface area (Å²) in [4.78, 5) is 65.2. The summed E-state index contributed by atoms with van der Waals surface area (Å²) in [6.45, 7) is 7.64. The summed E-state index contributed by atoms with van der Waals surface area (Å²) >= 11 is 1.56. The maximum atomic E-state index is 14.1. The number of carbonyl (C=O) groups is 4. The van der Waals surface area contributed by atoms with Gasteiger partial charge in [0, 0.05) is 56.2 Å². The summed E-state index contributed by atoms with van der Waals surface area (Å²) in [5, 5.41) is 39.9. The number of thiazole rings is 1. The third-order valence-corrected chi connectivity index (χ3v) is 15.9. The molecular formula is C63H71N9O7S. The first-order valence-electron chi connectivity index (χ1n) is 27.6. The monoisotopic (exact) mass is 1100 g/mol. The van der Waals surface area contributed by atoms with Crippen molar-refractivity contribution in [1.29, 1.82) is 5.41 Å². The van der Waals surface area contributed by atoms with Crippen LogP contribution >= 0.6 is 11.3 Å². The second-order valence-electron chi connectivity index (χ2n) is 21.9. The van der Waals surface area contributed by atoms with Gasteiger partial charge in [-0.2, -0.15) is 0 Å². The third kappa shape index (κ3) is 13.8. The number of carbonyl (C=O) groups excluding carboxylic acids is 4. The minimum absolute atomic E-state index is 0.0523. The fourth-order valence-electron chi connectivity index (χ4n) is 10.7. The van der Waals surface area contributed by atoms with E-state index >= 15 is 0 Å². The first-order valence-corrected chi connectivity index (χ1v) is 28.4. The molecular weight excluding hydrogens is 1030 g/mol. The average Bonchev–Trinajstić information content (AvgIpc) is 4.18. The molecule has 16 nitrogen and oxygen atoms in total. The van der Waals surface area contributed by atoms with Crippen LogP contribution in [0.5, 0.6) is 0 Å². The standard InChI is InChI=1S/C63H71N9O7S/c1-41-57(80-40-68-41)47-25-23-43(24-26-47)34-66-61(77)51-33-50(74)36-70(51)62(78)58(63(2,3)4)69-53(76)38-79-37-52(75)65-31-14-6-5-9-16-42-17-15-18-44(32-42)35-71-56(46-21-12-8-13-22-46)54(45-19-10-7-11-20-45)55-59(64)72(39-67-60(55)71)48-27-29-49(73)30-28-48/h7-8,10-13,15,17-26,32,39-40,48-51,58,64,73-74H,5-6,14,27-31,33-38H2,1-4H3,(H,65,75)(H,66,77)(H,69,76)/t48?,49?,50-,51+,58-/m1/s1. The molecule has 6 N–H and O–H groups in total. The zero-order valence-corrected chi connectivity index (χ0v) is 46.7. The summed E-state index contributed by atoms with van der Waals surface area (Å²) in [5.41, 5.74) is 11.0. The Hall–Kier alpha value is -7.75. The van der Waals surface area contributed by atoms with Gasteiger partial charge in [0.2, 0.25) is 23.6 Å². The van der Waals surface area contributed by atoms with E-state index in [2.05, 4.69) is 73.7 Å². The van der Waals surface area contributed by atoms with Crippen molar-refractivity contribution >= 4 is 46.0 Å². The molecule has 1 saturated heterocycles. The van der Waals surface area contributed by atoms with Gasteiger partial charge >= 0.3 is 0 Å². The Balaban J connectivity index is 0.746. The molecule has 0 bridgehead atoms. The molecule has 0 spiro atoms. The minimum Gasteiger partial charge on any atom is -0.393 e. The van der Waals surface area contributed by atoms with Crippen LogP contribution in [0.1, 0.15) is 101 Å². The number of rotatable bonds is 19. The molecule has 80 heavy (non-hydrogen) atoms. The Bertz CT molecular complexity index is 3420. The summed E-state index contributed by atoms with van der Waals surface area (Å²) in [7, 11) is 0. The van der Waals surface area contributed by atoms with Crippen LogP contribution in [0.2, 0.25) is 0 Å². The largest absolute Gasteiger partial charge is 0.393 e. The molecule has 2 fully saturated rings. The molecule has 416 valence electrons. The highest BCUT2D eigenvalue weighted by atomic mass is 32.1. The van der Waals surface area contributed by atoms with Gasteiger partial charge in [-0.15, -0.1) is 11.3 Å². The molecule has 9 rings (SSSR count). The summed E-state index contributed by atoms with van der Waals surface area (Å²) < 4.78 is 9.68. The molecule has 4 aromatic carbocycles. The van der Waals surface area contributed by atoms with Gasteiger partial charge in [-0.05, 0) is 90.8 Å². The van der Waals surface area contributed by atoms with E-state index in [1.807, 2.05) is 90.6 Å². The number of aliphatic hydroxyl groups excluding tert-OH is 2. The lowest BCUT2D eigenvalue weighted by molar-refractivity contribution is -0.145. The van der Waals surface area contributed by atoms with Gasteiger partial charge in [-0.1, -0.05) is 130 Å². The van der Waals surface area contributed by atoms with Crippen molar-refractivity contribution in [3.8, 4) is 44.7 Å². The van der Waals surface area contributed by atoms with E-state index in [4.69, 9.17) is 9.72 Å². The second kappa shape index (κ2) is 26.0. The lowest BCUT2D eigenvalue weighted by Gasteiger charge is -2.35. The number of hydrogen-bond acceptors (Lipinski definition) is 11. The fourth-order valence-corrected chi connectivity index (χ4v) is 11.6. The number of β-amino-alcohol motifs (C(OH)–C–C–N with tert-alkyl or cyclic N) is 1. The molecule has 17 heteroatoms. The van der Waals surface area contributed by atoms with Crippen LogP contribution in [-0.2, 0) is 37.0 Å². The van der Waals surface area contributed by atoms with Crippen LogP contribution in [0, 0.1) is 29.6 Å². The molecule has 1 aliphatic carbocycles. The number of aryl methyl sites for hydroxylation is 1. The highest BCUT2D eigenvalue weighted by Gasteiger charge is 2.44. The lowest BCUT2D eigenvalue weighted by atomic mass is 9.85. The predicted molar refractivity (Wildman–Crippen MR) is 310 cm³/mol. The first-order chi connectivity index (χ1) is 38.6. The number of likely N-dealkylation sites (tertiary alicyclic amines) is 1. The smallest absolute Gasteiger partial charge is 0.246 e. The lowest BCUT2D eigenvalue weighted by Crippen LogP contribution is -2.58.